The Morgan fingerprint density at radius 2 is 1.56 bits per heavy atom. The zero-order chi connectivity index (χ0) is 18.7. The van der Waals surface area contributed by atoms with Gasteiger partial charge in [0.2, 0.25) is 0 Å². The van der Waals surface area contributed by atoms with E-state index in [4.69, 9.17) is 4.74 Å². The van der Waals surface area contributed by atoms with Gasteiger partial charge in [0.05, 0.1) is 6.61 Å². The summed E-state index contributed by atoms with van der Waals surface area (Å²) in [7, 11) is 0. The Bertz CT molecular complexity index is 445. The molecule has 162 valence electrons. The monoisotopic (exact) mass is 449 g/mol. The van der Waals surface area contributed by atoms with Gasteiger partial charge in [-0.05, 0) is 25.9 Å². The van der Waals surface area contributed by atoms with Crippen molar-refractivity contribution in [2.45, 2.75) is 37.3 Å². The SMILES string of the molecule is Cl.Cl.O=C(C1CN(C2CCNCC2)CCO1)N(CC(F)(F)F)CC(F)(F)F. The zero-order valence-corrected chi connectivity index (χ0v) is 15.9. The minimum Gasteiger partial charge on any atom is -0.366 e. The molecule has 2 heterocycles. The van der Waals surface area contributed by atoms with Crippen molar-refractivity contribution in [2.75, 3.05) is 45.9 Å². The molecule has 0 spiro atoms. The Balaban J connectivity index is 0.00000338. The fourth-order valence-electron chi connectivity index (χ4n) is 3.17. The molecule has 5 nitrogen and oxygen atoms in total. The fourth-order valence-corrected chi connectivity index (χ4v) is 3.17. The zero-order valence-electron chi connectivity index (χ0n) is 14.3. The van der Waals surface area contributed by atoms with Crippen molar-refractivity contribution < 1.29 is 35.9 Å². The van der Waals surface area contributed by atoms with Crippen LogP contribution in [0.2, 0.25) is 0 Å². The number of rotatable bonds is 4. The van der Waals surface area contributed by atoms with Gasteiger partial charge in [-0.15, -0.1) is 24.8 Å². The molecule has 0 bridgehead atoms. The first-order valence-corrected chi connectivity index (χ1v) is 8.04. The predicted molar refractivity (Wildman–Crippen MR) is 90.4 cm³/mol. The van der Waals surface area contributed by atoms with E-state index in [1.165, 1.54) is 0 Å². The first-order valence-electron chi connectivity index (χ1n) is 8.04. The molecule has 1 N–H and O–H groups in total. The Morgan fingerprint density at radius 3 is 2.04 bits per heavy atom. The van der Waals surface area contributed by atoms with Gasteiger partial charge in [0.25, 0.3) is 5.91 Å². The van der Waals surface area contributed by atoms with Gasteiger partial charge in [0.15, 0.2) is 0 Å². The van der Waals surface area contributed by atoms with E-state index in [1.54, 1.807) is 0 Å². The lowest BCUT2D eigenvalue weighted by atomic mass is 10.0. The molecule has 2 aliphatic rings. The molecular weight excluding hydrogens is 427 g/mol. The molecule has 1 atom stereocenters. The lowest BCUT2D eigenvalue weighted by molar-refractivity contribution is -0.195. The minimum atomic E-state index is -4.91. The van der Waals surface area contributed by atoms with E-state index in [-0.39, 0.29) is 48.9 Å². The molecule has 2 fully saturated rings. The van der Waals surface area contributed by atoms with Crippen molar-refractivity contribution in [1.29, 1.82) is 0 Å². The first kappa shape index (κ1) is 26.5. The van der Waals surface area contributed by atoms with Gasteiger partial charge >= 0.3 is 12.4 Å². The van der Waals surface area contributed by atoms with Crippen LogP contribution in [0.15, 0.2) is 0 Å². The number of carbonyl (C=O) groups excluding carboxylic acids is 1. The number of amides is 1. The number of ether oxygens (including phenoxy) is 1. The number of hydrogen-bond donors (Lipinski definition) is 1. The summed E-state index contributed by atoms with van der Waals surface area (Å²) in [6, 6.07) is 0.152. The summed E-state index contributed by atoms with van der Waals surface area (Å²) in [6.07, 6.45) is -9.51. The van der Waals surface area contributed by atoms with E-state index < -0.39 is 37.5 Å². The Labute approximate surface area is 165 Å². The molecule has 2 rings (SSSR count). The molecule has 0 saturated carbocycles. The van der Waals surface area contributed by atoms with Crippen LogP contribution in [0.3, 0.4) is 0 Å². The lowest BCUT2D eigenvalue weighted by Crippen LogP contribution is -2.57. The molecule has 0 aromatic rings. The number of hydrogen-bond acceptors (Lipinski definition) is 4. The summed E-state index contributed by atoms with van der Waals surface area (Å²) in [5, 5.41) is 3.17. The molecule has 0 aromatic carbocycles. The maximum absolute atomic E-state index is 12.6. The average molecular weight is 450 g/mol. The highest BCUT2D eigenvalue weighted by Gasteiger charge is 2.43. The maximum Gasteiger partial charge on any atom is 0.406 e. The van der Waals surface area contributed by atoms with E-state index in [1.807, 2.05) is 4.90 Å². The molecule has 1 amide bonds. The highest BCUT2D eigenvalue weighted by atomic mass is 35.5. The van der Waals surface area contributed by atoms with Crippen LogP contribution >= 0.6 is 24.8 Å². The standard InChI is InChI=1S/C14H21F6N3O2.2ClH/c15-13(16,17)8-23(9-14(18,19)20)12(24)11-7-22(5-6-25-11)10-1-3-21-4-2-10;;/h10-11,21H,1-9H2;2*1H. The van der Waals surface area contributed by atoms with Crippen molar-refractivity contribution in [1.82, 2.24) is 15.1 Å². The normalized spacial score (nSPS) is 22.5. The fraction of sp³-hybridized carbons (Fsp3) is 0.929. The van der Waals surface area contributed by atoms with Crippen molar-refractivity contribution in [3.8, 4) is 0 Å². The topological polar surface area (TPSA) is 44.8 Å². The molecule has 0 radical (unpaired) electrons. The van der Waals surface area contributed by atoms with Gasteiger partial charge in [-0.1, -0.05) is 0 Å². The third-order valence-corrected chi connectivity index (χ3v) is 4.25. The van der Waals surface area contributed by atoms with E-state index in [0.717, 1.165) is 25.9 Å². The number of halogens is 8. The molecule has 0 aliphatic carbocycles. The highest BCUT2D eigenvalue weighted by molar-refractivity contribution is 5.85. The van der Waals surface area contributed by atoms with Crippen molar-refractivity contribution in [3.05, 3.63) is 0 Å². The number of nitrogens with one attached hydrogen (secondary N) is 1. The van der Waals surface area contributed by atoms with Crippen LogP contribution in [-0.4, -0.2) is 86.1 Å². The molecule has 2 aliphatic heterocycles. The highest BCUT2D eigenvalue weighted by Crippen LogP contribution is 2.24. The summed E-state index contributed by atoms with van der Waals surface area (Å²) >= 11 is 0. The predicted octanol–water partition coefficient (Wildman–Crippen LogP) is 2.24. The molecule has 0 aromatic heterocycles. The third kappa shape index (κ3) is 9.03. The maximum atomic E-state index is 12.6. The number of morpholine rings is 1. The van der Waals surface area contributed by atoms with Crippen LogP contribution in [0.5, 0.6) is 0 Å². The Hall–Kier alpha value is -0.490. The summed E-state index contributed by atoms with van der Waals surface area (Å²) in [5.41, 5.74) is 0. The summed E-state index contributed by atoms with van der Waals surface area (Å²) in [4.78, 5) is 14.0. The molecule has 13 heteroatoms. The van der Waals surface area contributed by atoms with Gasteiger partial charge in [0.1, 0.15) is 19.2 Å². The second-order valence-electron chi connectivity index (χ2n) is 6.26. The minimum absolute atomic E-state index is 0. The lowest BCUT2D eigenvalue weighted by Gasteiger charge is -2.40. The van der Waals surface area contributed by atoms with E-state index in [9.17, 15) is 31.1 Å². The average Bonchev–Trinajstić information content (AvgIpc) is 2.52. The van der Waals surface area contributed by atoms with Crippen molar-refractivity contribution >= 4 is 30.7 Å². The second-order valence-corrected chi connectivity index (χ2v) is 6.26. The third-order valence-electron chi connectivity index (χ3n) is 4.25. The van der Waals surface area contributed by atoms with Gasteiger partial charge in [-0.25, -0.2) is 0 Å². The number of piperidine rings is 1. The van der Waals surface area contributed by atoms with Gasteiger partial charge in [0, 0.05) is 19.1 Å². The molecule has 1 unspecified atom stereocenters. The van der Waals surface area contributed by atoms with Crippen LogP contribution in [0.1, 0.15) is 12.8 Å². The van der Waals surface area contributed by atoms with Crippen LogP contribution in [0, 0.1) is 0 Å². The second kappa shape index (κ2) is 10.9. The van der Waals surface area contributed by atoms with Crippen LogP contribution < -0.4 is 5.32 Å². The summed E-state index contributed by atoms with van der Waals surface area (Å²) in [6.45, 7) is -1.70. The number of nitrogens with zero attached hydrogens (tertiary/aromatic N) is 2. The Morgan fingerprint density at radius 1 is 1.04 bits per heavy atom. The summed E-state index contributed by atoms with van der Waals surface area (Å²) in [5.74, 6) is -1.27. The number of carbonyl (C=O) groups is 1. The van der Waals surface area contributed by atoms with Crippen molar-refractivity contribution in [3.63, 3.8) is 0 Å². The van der Waals surface area contributed by atoms with Crippen LogP contribution in [0.25, 0.3) is 0 Å². The van der Waals surface area contributed by atoms with Crippen LogP contribution in [0.4, 0.5) is 26.3 Å². The quantitative estimate of drug-likeness (QED) is 0.668. The molecular formula is C14H23Cl2F6N3O2. The largest absolute Gasteiger partial charge is 0.406 e. The van der Waals surface area contributed by atoms with Gasteiger partial charge in [-0.3, -0.25) is 9.69 Å². The van der Waals surface area contributed by atoms with Crippen molar-refractivity contribution in [2.24, 2.45) is 0 Å². The van der Waals surface area contributed by atoms with Gasteiger partial charge < -0.3 is 15.0 Å². The van der Waals surface area contributed by atoms with Gasteiger partial charge in [-0.2, -0.15) is 26.3 Å². The van der Waals surface area contributed by atoms with E-state index in [2.05, 4.69) is 5.32 Å². The summed E-state index contributed by atoms with van der Waals surface area (Å²) < 4.78 is 80.5. The molecule has 27 heavy (non-hydrogen) atoms. The Kier molecular flexibility index (Phi) is 10.7. The smallest absolute Gasteiger partial charge is 0.366 e. The number of alkyl halides is 6. The molecule has 2 saturated heterocycles. The van der Waals surface area contributed by atoms with Crippen LogP contribution in [-0.2, 0) is 9.53 Å². The first-order chi connectivity index (χ1) is 11.6. The van der Waals surface area contributed by atoms with E-state index in [0.29, 0.717) is 6.54 Å². The van der Waals surface area contributed by atoms with E-state index >= 15 is 0 Å².